The van der Waals surface area contributed by atoms with E-state index in [4.69, 9.17) is 5.73 Å². The van der Waals surface area contributed by atoms with E-state index < -0.39 is 0 Å². The minimum atomic E-state index is -0.00539. The van der Waals surface area contributed by atoms with E-state index in [0.29, 0.717) is 18.0 Å². The van der Waals surface area contributed by atoms with Crippen molar-refractivity contribution in [2.45, 2.75) is 31.7 Å². The van der Waals surface area contributed by atoms with Crippen molar-refractivity contribution in [1.82, 2.24) is 5.32 Å². The quantitative estimate of drug-likeness (QED) is 0.822. The van der Waals surface area contributed by atoms with Gasteiger partial charge in [-0.1, -0.05) is 12.8 Å². The highest BCUT2D eigenvalue weighted by atomic mass is 79.9. The molecule has 1 amide bonds. The molecule has 3 nitrogen and oxygen atoms in total. The molecule has 0 radical (unpaired) electrons. The van der Waals surface area contributed by atoms with E-state index in [-0.39, 0.29) is 11.9 Å². The van der Waals surface area contributed by atoms with Gasteiger partial charge < -0.3 is 11.1 Å². The van der Waals surface area contributed by atoms with Crippen LogP contribution in [0.2, 0.25) is 0 Å². The third-order valence-electron chi connectivity index (χ3n) is 3.43. The predicted molar refractivity (Wildman–Crippen MR) is 82.0 cm³/mol. The molecule has 0 spiro atoms. The van der Waals surface area contributed by atoms with Crippen LogP contribution in [-0.2, 0) is 0 Å². The highest BCUT2D eigenvalue weighted by molar-refractivity contribution is 9.12. The van der Waals surface area contributed by atoms with Crippen molar-refractivity contribution in [3.05, 3.63) is 19.2 Å². The Morgan fingerprint density at radius 1 is 1.44 bits per heavy atom. The Hall–Kier alpha value is 0.0900. The van der Waals surface area contributed by atoms with Crippen LogP contribution in [0.5, 0.6) is 0 Å². The summed E-state index contributed by atoms with van der Waals surface area (Å²) < 4.78 is 1.82. The first kappa shape index (κ1) is 14.5. The van der Waals surface area contributed by atoms with Gasteiger partial charge in [0, 0.05) is 6.04 Å². The normalized spacial score (nSPS) is 23.9. The van der Waals surface area contributed by atoms with Gasteiger partial charge in [-0.05, 0) is 63.2 Å². The number of nitrogens with one attached hydrogen (secondary N) is 1. The van der Waals surface area contributed by atoms with E-state index in [2.05, 4.69) is 37.2 Å². The third kappa shape index (κ3) is 3.35. The van der Waals surface area contributed by atoms with Crippen LogP contribution in [0.1, 0.15) is 36.0 Å². The molecule has 1 aromatic rings. The van der Waals surface area contributed by atoms with Crippen LogP contribution in [0, 0.1) is 5.92 Å². The van der Waals surface area contributed by atoms with Crippen LogP contribution in [0.3, 0.4) is 0 Å². The molecular formula is C12H16Br2N2OS. The molecule has 1 aromatic heterocycles. The van der Waals surface area contributed by atoms with Crippen molar-refractivity contribution >= 4 is 49.1 Å². The summed E-state index contributed by atoms with van der Waals surface area (Å²) in [6.45, 7) is 0.652. The molecule has 0 aromatic carbocycles. The summed E-state index contributed by atoms with van der Waals surface area (Å²) in [6, 6.07) is 2.08. The first-order chi connectivity index (χ1) is 8.61. The zero-order valence-corrected chi connectivity index (χ0v) is 13.9. The molecule has 100 valence electrons. The van der Waals surface area contributed by atoms with Crippen molar-refractivity contribution in [1.29, 1.82) is 0 Å². The summed E-state index contributed by atoms with van der Waals surface area (Å²) in [5.41, 5.74) is 6.48. The number of hydrogen-bond acceptors (Lipinski definition) is 3. The molecule has 1 aliphatic rings. The fourth-order valence-electron chi connectivity index (χ4n) is 2.42. The predicted octanol–water partition coefficient (Wildman–Crippen LogP) is 3.52. The molecule has 2 unspecified atom stereocenters. The fourth-order valence-corrected chi connectivity index (χ4v) is 5.21. The Balaban J connectivity index is 2.04. The zero-order chi connectivity index (χ0) is 13.1. The Labute approximate surface area is 128 Å². The van der Waals surface area contributed by atoms with E-state index in [9.17, 15) is 4.79 Å². The van der Waals surface area contributed by atoms with E-state index in [1.807, 2.05) is 6.07 Å². The maximum atomic E-state index is 12.2. The molecule has 0 saturated heterocycles. The molecule has 6 heteroatoms. The van der Waals surface area contributed by atoms with Crippen LogP contribution in [-0.4, -0.2) is 18.5 Å². The van der Waals surface area contributed by atoms with Gasteiger partial charge >= 0.3 is 0 Å². The van der Waals surface area contributed by atoms with Gasteiger partial charge in [0.25, 0.3) is 5.91 Å². The summed E-state index contributed by atoms with van der Waals surface area (Å²) in [5, 5.41) is 3.13. The molecule has 1 saturated carbocycles. The second-order valence-electron chi connectivity index (χ2n) is 4.60. The van der Waals surface area contributed by atoms with Gasteiger partial charge in [-0.3, -0.25) is 4.79 Å². The van der Waals surface area contributed by atoms with Crippen molar-refractivity contribution < 1.29 is 4.79 Å². The highest BCUT2D eigenvalue weighted by Gasteiger charge is 2.26. The lowest BCUT2D eigenvalue weighted by atomic mass is 9.84. The number of halogens is 2. The maximum absolute atomic E-state index is 12.2. The standard InChI is InChI=1S/C12H16Br2N2OS/c13-10-5-8(11(14)18-10)12(17)16-9-4-2-1-3-7(9)6-15/h5,7,9H,1-4,6,15H2,(H,16,17). The van der Waals surface area contributed by atoms with Crippen molar-refractivity contribution in [2.24, 2.45) is 11.7 Å². The van der Waals surface area contributed by atoms with Crippen LogP contribution < -0.4 is 11.1 Å². The average Bonchev–Trinajstić information content (AvgIpc) is 2.69. The minimum Gasteiger partial charge on any atom is -0.349 e. The lowest BCUT2D eigenvalue weighted by Gasteiger charge is -2.31. The van der Waals surface area contributed by atoms with E-state index in [1.165, 1.54) is 24.2 Å². The van der Waals surface area contributed by atoms with E-state index in [0.717, 1.165) is 20.4 Å². The zero-order valence-electron chi connectivity index (χ0n) is 9.92. The molecule has 2 rings (SSSR count). The molecule has 1 aliphatic carbocycles. The summed E-state index contributed by atoms with van der Waals surface area (Å²) >= 11 is 8.32. The van der Waals surface area contributed by atoms with Gasteiger partial charge in [-0.25, -0.2) is 0 Å². The Morgan fingerprint density at radius 3 is 2.78 bits per heavy atom. The summed E-state index contributed by atoms with van der Waals surface area (Å²) in [6.07, 6.45) is 4.56. The Kier molecular flexibility index (Phi) is 5.24. The second-order valence-corrected chi connectivity index (χ2v) is 8.35. The van der Waals surface area contributed by atoms with Crippen LogP contribution in [0.15, 0.2) is 13.6 Å². The number of rotatable bonds is 3. The Morgan fingerprint density at radius 2 is 2.17 bits per heavy atom. The summed E-state index contributed by atoms with van der Waals surface area (Å²) in [5.74, 6) is 0.415. The number of thiophene rings is 1. The summed E-state index contributed by atoms with van der Waals surface area (Å²) in [4.78, 5) is 12.2. The maximum Gasteiger partial charge on any atom is 0.253 e. The third-order valence-corrected chi connectivity index (χ3v) is 5.77. The van der Waals surface area contributed by atoms with Gasteiger partial charge in [0.1, 0.15) is 0 Å². The van der Waals surface area contributed by atoms with Crippen molar-refractivity contribution in [3.63, 3.8) is 0 Å². The number of nitrogens with two attached hydrogens (primary N) is 1. The smallest absolute Gasteiger partial charge is 0.253 e. The first-order valence-corrected chi connectivity index (χ1v) is 8.48. The molecule has 0 bridgehead atoms. The van der Waals surface area contributed by atoms with Crippen LogP contribution >= 0.6 is 43.2 Å². The SMILES string of the molecule is NCC1CCCCC1NC(=O)c1cc(Br)sc1Br. The second kappa shape index (κ2) is 6.50. The molecule has 0 aliphatic heterocycles. The van der Waals surface area contributed by atoms with E-state index in [1.54, 1.807) is 0 Å². The molecule has 18 heavy (non-hydrogen) atoms. The number of amides is 1. The molecule has 1 heterocycles. The van der Waals surface area contributed by atoms with Gasteiger partial charge in [0.05, 0.1) is 13.1 Å². The van der Waals surface area contributed by atoms with Gasteiger partial charge in [0.2, 0.25) is 0 Å². The first-order valence-electron chi connectivity index (χ1n) is 6.07. The molecular weight excluding hydrogens is 380 g/mol. The lowest BCUT2D eigenvalue weighted by molar-refractivity contribution is 0.0908. The largest absolute Gasteiger partial charge is 0.349 e. The number of carbonyl (C=O) groups excluding carboxylic acids is 1. The molecule has 3 N–H and O–H groups in total. The van der Waals surface area contributed by atoms with Gasteiger partial charge in [-0.15, -0.1) is 11.3 Å². The number of hydrogen-bond donors (Lipinski definition) is 2. The monoisotopic (exact) mass is 394 g/mol. The highest BCUT2D eigenvalue weighted by Crippen LogP contribution is 2.32. The average molecular weight is 396 g/mol. The van der Waals surface area contributed by atoms with Crippen LogP contribution in [0.4, 0.5) is 0 Å². The van der Waals surface area contributed by atoms with Crippen molar-refractivity contribution in [2.75, 3.05) is 6.54 Å². The van der Waals surface area contributed by atoms with Crippen molar-refractivity contribution in [3.8, 4) is 0 Å². The topological polar surface area (TPSA) is 55.1 Å². The molecule has 2 atom stereocenters. The van der Waals surface area contributed by atoms with E-state index >= 15 is 0 Å². The fraction of sp³-hybridized carbons (Fsp3) is 0.583. The molecule has 1 fully saturated rings. The lowest BCUT2D eigenvalue weighted by Crippen LogP contribution is -2.44. The Bertz CT molecular complexity index is 436. The minimum absolute atomic E-state index is 0.00539. The number of carbonyl (C=O) groups is 1. The van der Waals surface area contributed by atoms with Gasteiger partial charge in [-0.2, -0.15) is 0 Å². The summed E-state index contributed by atoms with van der Waals surface area (Å²) in [7, 11) is 0. The van der Waals surface area contributed by atoms with Crippen LogP contribution in [0.25, 0.3) is 0 Å². The van der Waals surface area contributed by atoms with Gasteiger partial charge in [0.15, 0.2) is 0 Å².